The Bertz CT molecular complexity index is 2120. The Morgan fingerprint density at radius 1 is 0.814 bits per heavy atom. The molecule has 2 N–H and O–H groups in total. The third-order valence-corrected chi connectivity index (χ3v) is 12.6. The smallest absolute Gasteiger partial charge is 0.349 e. The van der Waals surface area contributed by atoms with Crippen molar-refractivity contribution in [3.63, 3.8) is 0 Å². The molecule has 3 aromatic carbocycles. The van der Waals surface area contributed by atoms with Gasteiger partial charge in [-0.15, -0.1) is 0 Å². The van der Waals surface area contributed by atoms with E-state index in [9.17, 15) is 29.4 Å². The second kappa shape index (κ2) is 15.9. The molecule has 59 heavy (non-hydrogen) atoms. The van der Waals surface area contributed by atoms with E-state index < -0.39 is 113 Å². The molecule has 4 aliphatic rings. The summed E-state index contributed by atoms with van der Waals surface area (Å²) in [6.07, 6.45) is -6.17. The van der Waals surface area contributed by atoms with Crippen LogP contribution in [0.3, 0.4) is 0 Å². The molecule has 14 nitrogen and oxygen atoms in total. The van der Waals surface area contributed by atoms with Gasteiger partial charge in [0.1, 0.15) is 35.4 Å². The molecule has 0 aromatic heterocycles. The van der Waals surface area contributed by atoms with Crippen LogP contribution in [-0.4, -0.2) is 95.3 Å². The maximum absolute atomic E-state index is 15.9. The monoisotopic (exact) mass is 812 g/mol. The lowest BCUT2D eigenvalue weighted by molar-refractivity contribution is -0.346. The fourth-order valence-electron chi connectivity index (χ4n) is 9.55. The number of allylic oxidation sites excluding steroid dienone is 1. The zero-order valence-electron chi connectivity index (χ0n) is 33.5. The Balaban J connectivity index is 1.42. The fraction of sp³-hybridized carbons (Fsp3) is 0.444. The van der Waals surface area contributed by atoms with Crippen LogP contribution in [0.25, 0.3) is 0 Å². The number of rotatable bonds is 11. The van der Waals surface area contributed by atoms with Gasteiger partial charge in [-0.25, -0.2) is 14.4 Å². The highest BCUT2D eigenvalue weighted by atomic mass is 16.6. The van der Waals surface area contributed by atoms with Crippen LogP contribution in [-0.2, 0) is 42.9 Å². The molecule has 1 saturated heterocycles. The standard InChI is InChI=1S/C45H48O14/c1-26-31(47)22-45(52)40(58-41(51)28-15-9-6-10-16-28)38-43(5,39(50)37(36(26)42(45,3)4)57-35(49)24-54-30-19-13-8-14-20-30)32(21-33-44(38,25-55-33)59-27(2)46)56-34(48)23-53-29-17-11-7-12-18-29/h6-20,26,31-33,38,40,47,52H,21-25H2,1-5H3/t26?,31-,32-,33+,38-,40-,43+,44-,45+/m0/s1. The Labute approximate surface area is 341 Å². The Hall–Kier alpha value is -5.57. The van der Waals surface area contributed by atoms with Crippen molar-refractivity contribution in [2.24, 2.45) is 22.7 Å². The van der Waals surface area contributed by atoms with Crippen LogP contribution in [0.5, 0.6) is 11.5 Å². The number of carbonyl (C=O) groups is 5. The van der Waals surface area contributed by atoms with Crippen LogP contribution >= 0.6 is 0 Å². The van der Waals surface area contributed by atoms with Crippen LogP contribution in [0, 0.1) is 22.7 Å². The van der Waals surface area contributed by atoms with E-state index >= 15 is 4.79 Å². The average Bonchev–Trinajstić information content (AvgIpc) is 3.21. The number of ether oxygens (including phenoxy) is 7. The Morgan fingerprint density at radius 3 is 1.92 bits per heavy atom. The van der Waals surface area contributed by atoms with Crippen LogP contribution in [0.2, 0.25) is 0 Å². The van der Waals surface area contributed by atoms with Crippen molar-refractivity contribution in [1.29, 1.82) is 0 Å². The summed E-state index contributed by atoms with van der Waals surface area (Å²) in [5.41, 5.74) is -7.54. The molecule has 7 rings (SSSR count). The first-order valence-electron chi connectivity index (χ1n) is 19.6. The van der Waals surface area contributed by atoms with Gasteiger partial charge in [0.25, 0.3) is 0 Å². The summed E-state index contributed by atoms with van der Waals surface area (Å²) in [4.78, 5) is 70.8. The summed E-state index contributed by atoms with van der Waals surface area (Å²) in [5.74, 6) is -6.62. The number of hydrogen-bond acceptors (Lipinski definition) is 14. The first kappa shape index (κ1) is 41.6. The zero-order chi connectivity index (χ0) is 42.3. The van der Waals surface area contributed by atoms with Crippen molar-refractivity contribution < 1.29 is 67.3 Å². The van der Waals surface area contributed by atoms with Gasteiger partial charge in [-0.3, -0.25) is 9.59 Å². The summed E-state index contributed by atoms with van der Waals surface area (Å²) < 4.78 is 42.1. The lowest BCUT2D eigenvalue weighted by atomic mass is 9.45. The quantitative estimate of drug-likeness (QED) is 0.203. The molecular formula is C45H48O14. The fourth-order valence-corrected chi connectivity index (χ4v) is 9.55. The van der Waals surface area contributed by atoms with Crippen molar-refractivity contribution >= 4 is 29.7 Å². The summed E-state index contributed by atoms with van der Waals surface area (Å²) >= 11 is 0. The summed E-state index contributed by atoms with van der Waals surface area (Å²) in [6.45, 7) is 5.97. The van der Waals surface area contributed by atoms with Crippen molar-refractivity contribution in [1.82, 2.24) is 0 Å². The van der Waals surface area contributed by atoms with E-state index in [1.807, 2.05) is 0 Å². The molecule has 0 radical (unpaired) electrons. The molecule has 14 heteroatoms. The third-order valence-electron chi connectivity index (χ3n) is 12.6. The molecule has 2 saturated carbocycles. The predicted octanol–water partition coefficient (Wildman–Crippen LogP) is 4.55. The summed E-state index contributed by atoms with van der Waals surface area (Å²) in [6, 6.07) is 25.0. The maximum Gasteiger partial charge on any atom is 0.349 e. The highest BCUT2D eigenvalue weighted by molar-refractivity contribution is 6.02. The van der Waals surface area contributed by atoms with Gasteiger partial charge in [-0.2, -0.15) is 0 Å². The Kier molecular flexibility index (Phi) is 11.2. The molecule has 312 valence electrons. The van der Waals surface area contributed by atoms with Gasteiger partial charge in [0, 0.05) is 31.1 Å². The minimum absolute atomic E-state index is 0.0586. The number of hydrogen-bond donors (Lipinski definition) is 2. The van der Waals surface area contributed by atoms with E-state index in [0.29, 0.717) is 11.5 Å². The van der Waals surface area contributed by atoms with Gasteiger partial charge >= 0.3 is 23.9 Å². The molecule has 2 bridgehead atoms. The first-order chi connectivity index (χ1) is 28.0. The zero-order valence-corrected chi connectivity index (χ0v) is 33.5. The van der Waals surface area contributed by atoms with Gasteiger partial charge in [-0.1, -0.05) is 75.4 Å². The number of fused-ring (bicyclic) bond motifs is 5. The molecule has 1 aliphatic heterocycles. The minimum atomic E-state index is -2.26. The molecule has 3 fully saturated rings. The van der Waals surface area contributed by atoms with Gasteiger partial charge in [0.2, 0.25) is 5.78 Å². The third kappa shape index (κ3) is 7.27. The number of carbonyl (C=O) groups excluding carboxylic acids is 5. The summed E-state index contributed by atoms with van der Waals surface area (Å²) in [7, 11) is 0. The predicted molar refractivity (Wildman–Crippen MR) is 206 cm³/mol. The molecular weight excluding hydrogens is 764 g/mol. The lowest BCUT2D eigenvalue weighted by Gasteiger charge is -2.67. The van der Waals surface area contributed by atoms with E-state index in [0.717, 1.165) is 0 Å². The highest BCUT2D eigenvalue weighted by Gasteiger charge is 2.78. The Morgan fingerprint density at radius 2 is 1.37 bits per heavy atom. The number of benzene rings is 3. The molecule has 0 amide bonds. The summed E-state index contributed by atoms with van der Waals surface area (Å²) in [5, 5.41) is 25.2. The van der Waals surface area contributed by atoms with Crippen LogP contribution in [0.1, 0.15) is 57.8 Å². The van der Waals surface area contributed by atoms with Gasteiger partial charge in [-0.05, 0) is 48.9 Å². The number of aliphatic hydroxyl groups excluding tert-OH is 1. The number of Topliss-reactive ketones (excluding diaryl/α,β-unsaturated/α-hetero) is 1. The molecule has 3 aromatic rings. The van der Waals surface area contributed by atoms with E-state index in [2.05, 4.69) is 0 Å². The normalized spacial score (nSPS) is 31.7. The van der Waals surface area contributed by atoms with E-state index in [-0.39, 0.29) is 24.2 Å². The minimum Gasteiger partial charge on any atom is -0.482 e. The molecule has 1 unspecified atom stereocenters. The van der Waals surface area contributed by atoms with E-state index in [4.69, 9.17) is 33.2 Å². The molecule has 0 spiro atoms. The maximum atomic E-state index is 15.9. The first-order valence-corrected chi connectivity index (χ1v) is 19.6. The van der Waals surface area contributed by atoms with Gasteiger partial charge in [0.05, 0.1) is 29.6 Å². The molecule has 3 aliphatic carbocycles. The van der Waals surface area contributed by atoms with Crippen LogP contribution < -0.4 is 9.47 Å². The lowest BCUT2D eigenvalue weighted by Crippen LogP contribution is -2.81. The SMILES string of the molecule is CC(=O)O[C@@]12CO[C@@H]1C[C@H](OC(=O)COc1ccccc1)[C@@]1(C)C(=O)C(OC(=O)COc3ccccc3)=C3C(C)[C@@H](O)C[C@@](O)([C@@H](OC(=O)c4ccccc4)[C@H]21)C3(C)C. The van der Waals surface area contributed by atoms with E-state index in [1.165, 1.54) is 26.0 Å². The number of aliphatic hydroxyl groups is 2. The van der Waals surface area contributed by atoms with Crippen LogP contribution in [0.4, 0.5) is 0 Å². The number of para-hydroxylation sites is 2. The second-order valence-corrected chi connectivity index (χ2v) is 16.4. The van der Waals surface area contributed by atoms with Gasteiger partial charge < -0.3 is 43.4 Å². The highest BCUT2D eigenvalue weighted by Crippen LogP contribution is 2.65. The average molecular weight is 813 g/mol. The topological polar surface area (TPSA) is 190 Å². The van der Waals surface area contributed by atoms with Crippen LogP contribution in [0.15, 0.2) is 102 Å². The van der Waals surface area contributed by atoms with E-state index in [1.54, 1.807) is 99.6 Å². The molecule has 9 atom stereocenters. The number of esters is 4. The van der Waals surface area contributed by atoms with Crippen molar-refractivity contribution in [2.75, 3.05) is 19.8 Å². The van der Waals surface area contributed by atoms with Crippen molar-refractivity contribution in [3.05, 3.63) is 108 Å². The number of ketones is 1. The second-order valence-electron chi connectivity index (χ2n) is 16.4. The van der Waals surface area contributed by atoms with Crippen molar-refractivity contribution in [3.8, 4) is 11.5 Å². The largest absolute Gasteiger partial charge is 0.482 e. The van der Waals surface area contributed by atoms with Crippen molar-refractivity contribution in [2.45, 2.75) is 83.1 Å². The molecule has 1 heterocycles. The van der Waals surface area contributed by atoms with Gasteiger partial charge in [0.15, 0.2) is 24.6 Å².